The third-order valence-corrected chi connectivity index (χ3v) is 7.66. The predicted molar refractivity (Wildman–Crippen MR) is 129 cm³/mol. The summed E-state index contributed by atoms with van der Waals surface area (Å²) in [4.78, 5) is 0. The van der Waals surface area contributed by atoms with Crippen molar-refractivity contribution in [1.82, 2.24) is 0 Å². The molecule has 0 unspecified atom stereocenters. The lowest BCUT2D eigenvalue weighted by atomic mass is 9.76. The largest absolute Gasteiger partial charge is 0.493 e. The summed E-state index contributed by atoms with van der Waals surface area (Å²) in [6.45, 7) is 6.57. The van der Waals surface area contributed by atoms with Crippen molar-refractivity contribution in [3.8, 4) is 11.5 Å². The van der Waals surface area contributed by atoms with Gasteiger partial charge in [-0.25, -0.2) is 13.2 Å². The molecule has 0 amide bonds. The van der Waals surface area contributed by atoms with Gasteiger partial charge >= 0.3 is 0 Å². The van der Waals surface area contributed by atoms with Gasteiger partial charge in [-0.1, -0.05) is 18.2 Å². The van der Waals surface area contributed by atoms with E-state index in [2.05, 4.69) is 6.58 Å². The van der Waals surface area contributed by atoms with E-state index < -0.39 is 17.5 Å². The molecule has 0 saturated heterocycles. The third kappa shape index (κ3) is 5.61. The quantitative estimate of drug-likeness (QED) is 0.360. The smallest absolute Gasteiger partial charge is 0.168 e. The van der Waals surface area contributed by atoms with Crippen LogP contribution < -0.4 is 9.47 Å². The zero-order valence-electron chi connectivity index (χ0n) is 20.0. The van der Waals surface area contributed by atoms with E-state index in [-0.39, 0.29) is 17.6 Å². The van der Waals surface area contributed by atoms with Crippen LogP contribution in [0.3, 0.4) is 0 Å². The average Bonchev–Trinajstić information content (AvgIpc) is 2.86. The predicted octanol–water partition coefficient (Wildman–Crippen LogP) is 8.32. The summed E-state index contributed by atoms with van der Waals surface area (Å²) in [5.74, 6) is -0.101. The maximum atomic E-state index is 15.1. The molecule has 5 heteroatoms. The first-order chi connectivity index (χ1) is 16.5. The Morgan fingerprint density at radius 2 is 1.41 bits per heavy atom. The molecule has 2 aromatic rings. The van der Waals surface area contributed by atoms with E-state index >= 15 is 8.78 Å². The Labute approximate surface area is 201 Å². The number of ether oxygens (including phenoxy) is 2. The van der Waals surface area contributed by atoms with Crippen molar-refractivity contribution in [2.45, 2.75) is 70.1 Å². The lowest BCUT2D eigenvalue weighted by molar-refractivity contribution is 0.198. The molecule has 2 aliphatic rings. The molecule has 2 aromatic carbocycles. The van der Waals surface area contributed by atoms with Crippen LogP contribution in [0.1, 0.15) is 81.3 Å². The van der Waals surface area contributed by atoms with E-state index in [9.17, 15) is 4.39 Å². The molecule has 0 heterocycles. The minimum atomic E-state index is -0.659. The van der Waals surface area contributed by atoms with Crippen LogP contribution in [-0.2, 0) is 0 Å². The van der Waals surface area contributed by atoms with Gasteiger partial charge in [-0.05, 0) is 105 Å². The number of rotatable bonds is 8. The topological polar surface area (TPSA) is 18.5 Å². The van der Waals surface area contributed by atoms with Crippen molar-refractivity contribution in [3.05, 3.63) is 71.6 Å². The van der Waals surface area contributed by atoms with Crippen LogP contribution in [0.2, 0.25) is 0 Å². The number of halogens is 3. The standard InChI is InChI=1S/C29H35F3O2/c1-3-19-5-9-21(10-6-19)24-14-15-25(29(32)28(24)31)22-11-7-20(8-12-22)18-34-23-13-16-27(33-4-2)26(30)17-23/h3,13-17,19-22H,1,4-12,18H2,2H3. The van der Waals surface area contributed by atoms with Crippen LogP contribution in [0.4, 0.5) is 13.2 Å². The number of benzene rings is 2. The van der Waals surface area contributed by atoms with Gasteiger partial charge in [0.05, 0.1) is 13.2 Å². The molecule has 0 radical (unpaired) electrons. The summed E-state index contributed by atoms with van der Waals surface area (Å²) >= 11 is 0. The molecule has 0 aromatic heterocycles. The average molecular weight is 473 g/mol. The van der Waals surface area contributed by atoms with Crippen molar-refractivity contribution in [2.24, 2.45) is 11.8 Å². The first-order valence-corrected chi connectivity index (χ1v) is 12.7. The summed E-state index contributed by atoms with van der Waals surface area (Å²) in [5, 5.41) is 0. The summed E-state index contributed by atoms with van der Waals surface area (Å²) < 4.78 is 55.1. The van der Waals surface area contributed by atoms with Gasteiger partial charge in [0.1, 0.15) is 5.75 Å². The van der Waals surface area contributed by atoms with Gasteiger partial charge in [-0.2, -0.15) is 0 Å². The van der Waals surface area contributed by atoms with E-state index in [0.717, 1.165) is 51.4 Å². The molecule has 2 aliphatic carbocycles. The van der Waals surface area contributed by atoms with Crippen LogP contribution in [0.15, 0.2) is 43.0 Å². The Morgan fingerprint density at radius 3 is 1.94 bits per heavy atom. The Hall–Kier alpha value is -2.43. The Balaban J connectivity index is 1.31. The second-order valence-corrected chi connectivity index (χ2v) is 9.77. The molecule has 0 atom stereocenters. The molecule has 2 saturated carbocycles. The summed E-state index contributed by atoms with van der Waals surface area (Å²) in [7, 11) is 0. The van der Waals surface area contributed by atoms with E-state index in [0.29, 0.717) is 41.9 Å². The fourth-order valence-corrected chi connectivity index (χ4v) is 5.57. The maximum absolute atomic E-state index is 15.1. The fourth-order valence-electron chi connectivity index (χ4n) is 5.57. The SMILES string of the molecule is C=CC1CCC(c2ccc(C3CCC(COc4ccc(OCC)c(F)c4)CC3)c(F)c2F)CC1. The van der Waals surface area contributed by atoms with Crippen molar-refractivity contribution >= 4 is 0 Å². The van der Waals surface area contributed by atoms with Gasteiger partial charge in [0.2, 0.25) is 0 Å². The van der Waals surface area contributed by atoms with Gasteiger partial charge in [0.15, 0.2) is 23.2 Å². The van der Waals surface area contributed by atoms with Gasteiger partial charge in [-0.3, -0.25) is 0 Å². The number of hydrogen-bond acceptors (Lipinski definition) is 2. The normalized spacial score (nSPS) is 25.1. The Morgan fingerprint density at radius 1 is 0.824 bits per heavy atom. The number of allylic oxidation sites excluding steroid dienone is 1. The fraction of sp³-hybridized carbons (Fsp3) is 0.517. The second-order valence-electron chi connectivity index (χ2n) is 9.77. The summed E-state index contributed by atoms with van der Waals surface area (Å²) in [6.07, 6.45) is 9.08. The third-order valence-electron chi connectivity index (χ3n) is 7.66. The Bertz CT molecular complexity index is 974. The monoisotopic (exact) mass is 472 g/mol. The summed E-state index contributed by atoms with van der Waals surface area (Å²) in [5.41, 5.74) is 1.04. The molecule has 0 N–H and O–H groups in total. The first-order valence-electron chi connectivity index (χ1n) is 12.7. The van der Waals surface area contributed by atoms with Crippen LogP contribution in [0.25, 0.3) is 0 Å². The van der Waals surface area contributed by atoms with Crippen LogP contribution in [0, 0.1) is 29.3 Å². The molecule has 0 aliphatic heterocycles. The zero-order chi connectivity index (χ0) is 24.1. The molecule has 2 nitrogen and oxygen atoms in total. The van der Waals surface area contributed by atoms with E-state index in [1.54, 1.807) is 12.1 Å². The first kappa shape index (κ1) is 24.7. The maximum Gasteiger partial charge on any atom is 0.168 e. The van der Waals surface area contributed by atoms with Crippen molar-refractivity contribution in [3.63, 3.8) is 0 Å². The Kier molecular flexibility index (Phi) is 8.23. The van der Waals surface area contributed by atoms with Crippen LogP contribution >= 0.6 is 0 Å². The molecule has 184 valence electrons. The van der Waals surface area contributed by atoms with Crippen LogP contribution in [-0.4, -0.2) is 13.2 Å². The second kappa shape index (κ2) is 11.3. The molecular weight excluding hydrogens is 437 g/mol. The highest BCUT2D eigenvalue weighted by atomic mass is 19.2. The lowest BCUT2D eigenvalue weighted by Gasteiger charge is -2.30. The van der Waals surface area contributed by atoms with Crippen molar-refractivity contribution in [2.75, 3.05) is 13.2 Å². The lowest BCUT2D eigenvalue weighted by Crippen LogP contribution is -2.20. The molecule has 34 heavy (non-hydrogen) atoms. The van der Waals surface area contributed by atoms with E-state index in [4.69, 9.17) is 9.47 Å². The highest BCUT2D eigenvalue weighted by molar-refractivity contribution is 5.33. The van der Waals surface area contributed by atoms with E-state index in [1.807, 2.05) is 25.1 Å². The van der Waals surface area contributed by atoms with E-state index in [1.165, 1.54) is 6.07 Å². The highest BCUT2D eigenvalue weighted by Gasteiger charge is 2.29. The molecule has 2 fully saturated rings. The van der Waals surface area contributed by atoms with Crippen molar-refractivity contribution in [1.29, 1.82) is 0 Å². The molecule has 0 spiro atoms. The van der Waals surface area contributed by atoms with Crippen molar-refractivity contribution < 1.29 is 22.6 Å². The van der Waals surface area contributed by atoms with Gasteiger partial charge in [0, 0.05) is 6.07 Å². The summed E-state index contributed by atoms with van der Waals surface area (Å²) in [6, 6.07) is 8.28. The molecule has 0 bridgehead atoms. The van der Waals surface area contributed by atoms with Gasteiger partial charge < -0.3 is 9.47 Å². The minimum Gasteiger partial charge on any atom is -0.493 e. The van der Waals surface area contributed by atoms with Gasteiger partial charge in [0.25, 0.3) is 0 Å². The minimum absolute atomic E-state index is 0.0271. The molecule has 4 rings (SSSR count). The number of hydrogen-bond donors (Lipinski definition) is 0. The van der Waals surface area contributed by atoms with Crippen LogP contribution in [0.5, 0.6) is 11.5 Å². The zero-order valence-corrected chi connectivity index (χ0v) is 20.0. The van der Waals surface area contributed by atoms with Gasteiger partial charge in [-0.15, -0.1) is 6.58 Å². The highest BCUT2D eigenvalue weighted by Crippen LogP contribution is 2.41. The molecular formula is C29H35F3O2.